The number of rotatable bonds is 14. The van der Waals surface area contributed by atoms with Crippen LogP contribution in [0.15, 0.2) is 103 Å². The first-order valence-corrected chi connectivity index (χ1v) is 28.6. The molecule has 1 aliphatic carbocycles. The van der Waals surface area contributed by atoms with Crippen LogP contribution in [0, 0.1) is 29.2 Å². The van der Waals surface area contributed by atoms with Crippen LogP contribution in [0.2, 0.25) is 39.3 Å². The summed E-state index contributed by atoms with van der Waals surface area (Å²) in [5.41, 5.74) is 5.77. The highest BCUT2D eigenvalue weighted by atomic mass is 28.3. The molecular formula is C52H64F4Si2. The molecule has 1 atom stereocenters. The van der Waals surface area contributed by atoms with Crippen LogP contribution in [0.5, 0.6) is 0 Å². The van der Waals surface area contributed by atoms with Crippen molar-refractivity contribution in [3.05, 3.63) is 138 Å². The zero-order chi connectivity index (χ0) is 42.0. The van der Waals surface area contributed by atoms with Crippen molar-refractivity contribution in [3.8, 4) is 33.4 Å². The number of allylic oxidation sites excluding steroid dienone is 2. The van der Waals surface area contributed by atoms with E-state index in [1.54, 1.807) is 24.3 Å². The minimum absolute atomic E-state index is 0.310. The monoisotopic (exact) mass is 820 g/mol. The molecule has 1 unspecified atom stereocenters. The summed E-state index contributed by atoms with van der Waals surface area (Å²) >= 11 is 0. The van der Waals surface area contributed by atoms with Crippen molar-refractivity contribution in [2.45, 2.75) is 124 Å². The van der Waals surface area contributed by atoms with Crippen LogP contribution in [0.1, 0.15) is 89.2 Å². The Labute approximate surface area is 348 Å². The first-order chi connectivity index (χ1) is 27.6. The van der Waals surface area contributed by atoms with Crippen LogP contribution in [0.4, 0.5) is 17.6 Å². The van der Waals surface area contributed by atoms with Gasteiger partial charge in [0.15, 0.2) is 23.3 Å². The molecule has 0 amide bonds. The lowest BCUT2D eigenvalue weighted by Gasteiger charge is -2.22. The second kappa shape index (κ2) is 20.3. The van der Waals surface area contributed by atoms with Gasteiger partial charge in [-0.2, -0.15) is 0 Å². The van der Waals surface area contributed by atoms with Gasteiger partial charge in [0.05, 0.1) is 16.1 Å². The van der Waals surface area contributed by atoms with Crippen LogP contribution in [0.25, 0.3) is 39.0 Å². The van der Waals surface area contributed by atoms with Gasteiger partial charge in [-0.1, -0.05) is 205 Å². The number of benzene rings is 5. The molecule has 1 aliphatic rings. The minimum atomic E-state index is -1.42. The minimum Gasteiger partial charge on any atom is -0.203 e. The molecule has 0 heterocycles. The lowest BCUT2D eigenvalue weighted by molar-refractivity contribution is 0.427. The molecule has 0 spiro atoms. The summed E-state index contributed by atoms with van der Waals surface area (Å²) in [6.45, 7) is 18.1. The largest absolute Gasteiger partial charge is 0.203 e. The first kappa shape index (κ1) is 45.1. The maximum Gasteiger partial charge on any atom is 0.167 e. The van der Waals surface area contributed by atoms with Crippen molar-refractivity contribution < 1.29 is 17.6 Å². The Kier molecular flexibility index (Phi) is 15.8. The second-order valence-corrected chi connectivity index (χ2v) is 28.4. The molecule has 58 heavy (non-hydrogen) atoms. The molecule has 0 bridgehead atoms. The molecule has 0 nitrogen and oxygen atoms in total. The molecule has 6 rings (SSSR count). The Bertz CT molecular complexity index is 2120. The fraction of sp³-hybridized carbons (Fsp3) is 0.385. The molecule has 0 saturated heterocycles. The van der Waals surface area contributed by atoms with Crippen molar-refractivity contribution in [3.63, 3.8) is 0 Å². The van der Waals surface area contributed by atoms with Gasteiger partial charge < -0.3 is 0 Å². The highest BCUT2D eigenvalue weighted by Gasteiger charge is 2.23. The maximum absolute atomic E-state index is 14.9. The van der Waals surface area contributed by atoms with Crippen LogP contribution in [-0.2, 0) is 6.42 Å². The Balaban J connectivity index is 0.000000221. The number of unbranched alkanes of at least 4 members (excludes halogenated alkanes) is 4. The first-order valence-electron chi connectivity index (χ1n) is 21.6. The van der Waals surface area contributed by atoms with Crippen LogP contribution in [0.3, 0.4) is 0 Å². The van der Waals surface area contributed by atoms with E-state index in [4.69, 9.17) is 0 Å². The molecule has 0 aromatic heterocycles. The SMILES string of the molecule is CCCCCC1CC=C(c2ccc(-c3ccc([Si](C)(C)C)cc3)c(F)c2F)CC1.CCCCCc1ccc(-c2ccc(-c3ccc([Si](C)(C)C)cc3)c(F)c2F)cc1. The third kappa shape index (κ3) is 11.6. The highest BCUT2D eigenvalue weighted by molar-refractivity contribution is 6.89. The van der Waals surface area contributed by atoms with Gasteiger partial charge >= 0.3 is 0 Å². The Hall–Kier alpha value is -4.01. The van der Waals surface area contributed by atoms with E-state index in [-0.39, 0.29) is 0 Å². The second-order valence-electron chi connectivity index (χ2n) is 18.3. The fourth-order valence-electron chi connectivity index (χ4n) is 7.82. The molecule has 0 radical (unpaired) electrons. The average Bonchev–Trinajstić information content (AvgIpc) is 3.20. The van der Waals surface area contributed by atoms with E-state index in [2.05, 4.69) is 71.3 Å². The lowest BCUT2D eigenvalue weighted by Crippen LogP contribution is -2.37. The predicted molar refractivity (Wildman–Crippen MR) is 248 cm³/mol. The Morgan fingerprint density at radius 2 is 0.879 bits per heavy atom. The summed E-state index contributed by atoms with van der Waals surface area (Å²) in [5.74, 6) is -2.30. The van der Waals surface area contributed by atoms with Gasteiger partial charge in [0.1, 0.15) is 0 Å². The summed E-state index contributed by atoms with van der Waals surface area (Å²) in [6, 6.07) is 30.6. The van der Waals surface area contributed by atoms with Gasteiger partial charge in [0, 0.05) is 22.3 Å². The van der Waals surface area contributed by atoms with E-state index in [9.17, 15) is 17.6 Å². The van der Waals surface area contributed by atoms with E-state index < -0.39 is 39.4 Å². The van der Waals surface area contributed by atoms with Gasteiger partial charge in [-0.15, -0.1) is 0 Å². The van der Waals surface area contributed by atoms with Gasteiger partial charge in [-0.05, 0) is 65.8 Å². The van der Waals surface area contributed by atoms with E-state index in [0.717, 1.165) is 43.2 Å². The van der Waals surface area contributed by atoms with E-state index >= 15 is 0 Å². The Morgan fingerprint density at radius 3 is 1.28 bits per heavy atom. The van der Waals surface area contributed by atoms with Gasteiger partial charge in [0.25, 0.3) is 0 Å². The van der Waals surface area contributed by atoms with Crippen molar-refractivity contribution in [1.29, 1.82) is 0 Å². The number of halogens is 4. The summed E-state index contributed by atoms with van der Waals surface area (Å²) in [6.07, 6.45) is 14.7. The molecule has 6 heteroatoms. The van der Waals surface area contributed by atoms with Gasteiger partial charge in [-0.3, -0.25) is 0 Å². The van der Waals surface area contributed by atoms with Crippen LogP contribution >= 0.6 is 0 Å². The summed E-state index contributed by atoms with van der Waals surface area (Å²) in [4.78, 5) is 0. The quantitative estimate of drug-likeness (QED) is 0.0595. The summed E-state index contributed by atoms with van der Waals surface area (Å²) in [7, 11) is -2.82. The van der Waals surface area contributed by atoms with Crippen LogP contribution in [-0.4, -0.2) is 16.1 Å². The fourth-order valence-corrected chi connectivity index (χ4v) is 10.2. The Morgan fingerprint density at radius 1 is 0.483 bits per heavy atom. The number of aryl methyl sites for hydroxylation is 1. The molecule has 0 fully saturated rings. The molecule has 5 aromatic rings. The standard InChI is InChI=1S/C26H34F2Si.C26H30F2Si/c2*1-5-6-7-8-19-9-11-20(12-10-19)23-17-18-24(26(28)25(23)27)21-13-15-22(16-14-21)29(2,3)4/h11,13-19H,5-10,12H2,1-4H3;9-18H,5-8H2,1-4H3. The van der Waals surface area contributed by atoms with Gasteiger partial charge in [-0.25, -0.2) is 17.6 Å². The van der Waals surface area contributed by atoms with E-state index in [1.165, 1.54) is 54.5 Å². The summed E-state index contributed by atoms with van der Waals surface area (Å²) in [5, 5.41) is 2.62. The van der Waals surface area contributed by atoms with Crippen molar-refractivity contribution in [1.82, 2.24) is 0 Å². The summed E-state index contributed by atoms with van der Waals surface area (Å²) < 4.78 is 59.6. The lowest BCUT2D eigenvalue weighted by atomic mass is 9.83. The molecule has 5 aromatic carbocycles. The predicted octanol–water partition coefficient (Wildman–Crippen LogP) is 15.5. The molecule has 308 valence electrons. The highest BCUT2D eigenvalue weighted by Crippen LogP contribution is 2.37. The molecular weight excluding hydrogens is 757 g/mol. The molecule has 0 saturated carbocycles. The number of hydrogen-bond donors (Lipinski definition) is 0. The van der Waals surface area contributed by atoms with Crippen molar-refractivity contribution in [2.75, 3.05) is 0 Å². The van der Waals surface area contributed by atoms with E-state index in [1.807, 2.05) is 60.7 Å². The zero-order valence-corrected chi connectivity index (χ0v) is 38.2. The third-order valence-electron chi connectivity index (χ3n) is 11.7. The average molecular weight is 821 g/mol. The van der Waals surface area contributed by atoms with E-state index in [0.29, 0.717) is 39.3 Å². The number of hydrogen-bond acceptors (Lipinski definition) is 0. The molecule has 0 aliphatic heterocycles. The smallest absolute Gasteiger partial charge is 0.167 e. The van der Waals surface area contributed by atoms with Gasteiger partial charge in [0.2, 0.25) is 0 Å². The van der Waals surface area contributed by atoms with Crippen LogP contribution < -0.4 is 10.4 Å². The topological polar surface area (TPSA) is 0 Å². The molecule has 0 N–H and O–H groups in total. The zero-order valence-electron chi connectivity index (χ0n) is 36.2. The third-order valence-corrected chi connectivity index (χ3v) is 15.8. The normalized spacial score (nSPS) is 14.5. The van der Waals surface area contributed by atoms with Crippen molar-refractivity contribution in [2.24, 2.45) is 5.92 Å². The maximum atomic E-state index is 14.9. The van der Waals surface area contributed by atoms with Crippen molar-refractivity contribution >= 4 is 32.1 Å².